The summed E-state index contributed by atoms with van der Waals surface area (Å²) in [5, 5.41) is 12.5. The van der Waals surface area contributed by atoms with Gasteiger partial charge in [0.15, 0.2) is 0 Å². The van der Waals surface area contributed by atoms with Crippen molar-refractivity contribution in [3.05, 3.63) is 53.9 Å². The van der Waals surface area contributed by atoms with Crippen molar-refractivity contribution in [3.63, 3.8) is 0 Å². The highest BCUT2D eigenvalue weighted by Crippen LogP contribution is 2.33. The van der Waals surface area contributed by atoms with Crippen LogP contribution in [0.2, 0.25) is 0 Å². The van der Waals surface area contributed by atoms with Crippen LogP contribution in [0, 0.1) is 6.92 Å². The van der Waals surface area contributed by atoms with Crippen molar-refractivity contribution in [1.29, 1.82) is 0 Å². The summed E-state index contributed by atoms with van der Waals surface area (Å²) in [4.78, 5) is 24.4. The zero-order valence-electron chi connectivity index (χ0n) is 15.0. The summed E-state index contributed by atoms with van der Waals surface area (Å²) < 4.78 is 7.39. The zero-order valence-corrected chi connectivity index (χ0v) is 15.0. The fourth-order valence-corrected chi connectivity index (χ4v) is 3.30. The van der Waals surface area contributed by atoms with Crippen molar-refractivity contribution in [2.45, 2.75) is 25.7 Å². The molecule has 4 rings (SSSR count). The van der Waals surface area contributed by atoms with Crippen molar-refractivity contribution in [3.8, 4) is 11.4 Å². The van der Waals surface area contributed by atoms with Crippen molar-refractivity contribution in [2.24, 2.45) is 0 Å². The van der Waals surface area contributed by atoms with Crippen LogP contribution in [0.1, 0.15) is 29.3 Å². The van der Waals surface area contributed by atoms with Crippen LogP contribution in [0.25, 0.3) is 5.69 Å². The van der Waals surface area contributed by atoms with Crippen LogP contribution < -0.4 is 10.1 Å². The summed E-state index contributed by atoms with van der Waals surface area (Å²) >= 11 is 0. The summed E-state index contributed by atoms with van der Waals surface area (Å²) in [5.74, 6) is -0.373. The van der Waals surface area contributed by atoms with E-state index in [4.69, 9.17) is 4.74 Å². The molecule has 1 unspecified atom stereocenters. The van der Waals surface area contributed by atoms with Gasteiger partial charge in [-0.2, -0.15) is 0 Å². The lowest BCUT2D eigenvalue weighted by Gasteiger charge is -2.13. The fraction of sp³-hybridized carbons (Fsp3) is 0.263. The first kappa shape index (κ1) is 17.0. The molecule has 1 aromatic carbocycles. The highest BCUT2D eigenvalue weighted by molar-refractivity contribution is 5.77. The van der Waals surface area contributed by atoms with Gasteiger partial charge in [0.05, 0.1) is 36.4 Å². The predicted octanol–water partition coefficient (Wildman–Crippen LogP) is 2.84. The number of benzene rings is 1. The van der Waals surface area contributed by atoms with Gasteiger partial charge in [-0.1, -0.05) is 0 Å². The van der Waals surface area contributed by atoms with E-state index in [2.05, 4.69) is 20.3 Å². The standard InChI is InChI=1S/C19H19N5O3/c1-11-9-24(10-21-11)15-6-4-13(7-16(15)27-2)22-19-20-8-12-3-5-14(18(25)26)17(12)23-19/h4,6-10,14H,3,5H2,1-2H3,(H,25,26)(H,20,22,23). The normalized spacial score (nSPS) is 15.4. The van der Waals surface area contributed by atoms with Gasteiger partial charge in [0.25, 0.3) is 0 Å². The highest BCUT2D eigenvalue weighted by atomic mass is 16.5. The first-order chi connectivity index (χ1) is 13.0. The third-order valence-electron chi connectivity index (χ3n) is 4.65. The van der Waals surface area contributed by atoms with Crippen LogP contribution in [0.15, 0.2) is 36.9 Å². The second-order valence-electron chi connectivity index (χ2n) is 6.47. The topological polar surface area (TPSA) is 102 Å². The molecule has 0 saturated heterocycles. The molecule has 0 saturated carbocycles. The lowest BCUT2D eigenvalue weighted by Crippen LogP contribution is -2.10. The van der Waals surface area contributed by atoms with Gasteiger partial charge in [0.2, 0.25) is 5.95 Å². The minimum atomic E-state index is -0.847. The summed E-state index contributed by atoms with van der Waals surface area (Å²) in [6.45, 7) is 1.93. The number of aliphatic carboxylic acids is 1. The Kier molecular flexibility index (Phi) is 4.23. The molecular weight excluding hydrogens is 346 g/mol. The first-order valence-electron chi connectivity index (χ1n) is 8.60. The van der Waals surface area contributed by atoms with E-state index >= 15 is 0 Å². The van der Waals surface area contributed by atoms with Crippen molar-refractivity contribution < 1.29 is 14.6 Å². The quantitative estimate of drug-likeness (QED) is 0.717. The molecule has 1 aliphatic carbocycles. The average Bonchev–Trinajstić information content (AvgIpc) is 3.27. The van der Waals surface area contributed by atoms with Gasteiger partial charge < -0.3 is 19.7 Å². The van der Waals surface area contributed by atoms with Gasteiger partial charge >= 0.3 is 5.97 Å². The molecule has 2 aromatic heterocycles. The van der Waals surface area contributed by atoms with Crippen molar-refractivity contribution in [2.75, 3.05) is 12.4 Å². The molecule has 1 atom stereocenters. The number of ether oxygens (including phenoxy) is 1. The first-order valence-corrected chi connectivity index (χ1v) is 8.60. The SMILES string of the molecule is COc1cc(Nc2ncc3c(n2)C(C(=O)O)CC3)ccc1-n1cnc(C)c1. The molecule has 0 fully saturated rings. The molecule has 0 aliphatic heterocycles. The van der Waals surface area contributed by atoms with Crippen LogP contribution in [0.5, 0.6) is 5.75 Å². The zero-order chi connectivity index (χ0) is 19.0. The van der Waals surface area contributed by atoms with E-state index in [1.54, 1.807) is 19.6 Å². The molecule has 0 bridgehead atoms. The van der Waals surface area contributed by atoms with Gasteiger partial charge in [-0.3, -0.25) is 4.79 Å². The van der Waals surface area contributed by atoms with Crippen LogP contribution in [-0.4, -0.2) is 37.7 Å². The Morgan fingerprint density at radius 3 is 2.93 bits per heavy atom. The van der Waals surface area contributed by atoms with Gasteiger partial charge in [0.1, 0.15) is 5.75 Å². The summed E-state index contributed by atoms with van der Waals surface area (Å²) in [6.07, 6.45) is 6.61. The molecule has 138 valence electrons. The van der Waals surface area contributed by atoms with E-state index in [0.717, 1.165) is 22.6 Å². The number of hydrogen-bond acceptors (Lipinski definition) is 6. The van der Waals surface area contributed by atoms with E-state index in [1.165, 1.54) is 0 Å². The van der Waals surface area contributed by atoms with Gasteiger partial charge in [0, 0.05) is 24.1 Å². The van der Waals surface area contributed by atoms with E-state index in [-0.39, 0.29) is 0 Å². The number of anilines is 2. The Morgan fingerprint density at radius 1 is 1.37 bits per heavy atom. The maximum absolute atomic E-state index is 11.4. The predicted molar refractivity (Wildman–Crippen MR) is 98.9 cm³/mol. The second kappa shape index (κ2) is 6.71. The Balaban J connectivity index is 1.62. The van der Waals surface area contributed by atoms with Crippen LogP contribution in [-0.2, 0) is 11.2 Å². The van der Waals surface area contributed by atoms with Gasteiger partial charge in [-0.15, -0.1) is 0 Å². The Hall–Kier alpha value is -3.42. The molecule has 8 heteroatoms. The van der Waals surface area contributed by atoms with Crippen LogP contribution >= 0.6 is 0 Å². The molecule has 0 amide bonds. The summed E-state index contributed by atoms with van der Waals surface area (Å²) in [7, 11) is 1.61. The largest absolute Gasteiger partial charge is 0.494 e. The average molecular weight is 365 g/mol. The number of imidazole rings is 1. The smallest absolute Gasteiger partial charge is 0.312 e. The third kappa shape index (κ3) is 3.21. The maximum Gasteiger partial charge on any atom is 0.312 e. The Labute approximate surface area is 155 Å². The number of aromatic nitrogens is 4. The third-order valence-corrected chi connectivity index (χ3v) is 4.65. The lowest BCUT2D eigenvalue weighted by molar-refractivity contribution is -0.138. The van der Waals surface area contributed by atoms with Gasteiger partial charge in [-0.25, -0.2) is 15.0 Å². The molecule has 0 radical (unpaired) electrons. The number of carboxylic acid groups (broad SMARTS) is 1. The molecule has 2 N–H and O–H groups in total. The molecule has 3 aromatic rings. The van der Waals surface area contributed by atoms with E-state index in [0.29, 0.717) is 30.2 Å². The van der Waals surface area contributed by atoms with E-state index in [1.807, 2.05) is 35.9 Å². The number of aryl methyl sites for hydroxylation is 2. The van der Waals surface area contributed by atoms with E-state index < -0.39 is 11.9 Å². The minimum Gasteiger partial charge on any atom is -0.494 e. The molecule has 2 heterocycles. The van der Waals surface area contributed by atoms with Crippen molar-refractivity contribution >= 4 is 17.6 Å². The number of rotatable bonds is 5. The summed E-state index contributed by atoms with van der Waals surface area (Å²) in [5.41, 5.74) is 4.02. The molecule has 0 spiro atoms. The number of hydrogen-bond donors (Lipinski definition) is 2. The molecular formula is C19H19N5O3. The van der Waals surface area contributed by atoms with Crippen LogP contribution in [0.4, 0.5) is 11.6 Å². The highest BCUT2D eigenvalue weighted by Gasteiger charge is 2.30. The number of fused-ring (bicyclic) bond motifs is 1. The minimum absolute atomic E-state index is 0.371. The lowest BCUT2D eigenvalue weighted by atomic mass is 10.1. The number of carboxylic acids is 1. The number of methoxy groups -OCH3 is 1. The number of carbonyl (C=O) groups is 1. The second-order valence-corrected chi connectivity index (χ2v) is 6.47. The van der Waals surface area contributed by atoms with Crippen molar-refractivity contribution in [1.82, 2.24) is 19.5 Å². The Bertz CT molecular complexity index is 1010. The number of nitrogens with zero attached hydrogens (tertiary/aromatic N) is 4. The maximum atomic E-state index is 11.4. The van der Waals surface area contributed by atoms with Gasteiger partial charge in [-0.05, 0) is 37.5 Å². The summed E-state index contributed by atoms with van der Waals surface area (Å²) in [6, 6.07) is 5.64. The monoisotopic (exact) mass is 365 g/mol. The number of nitrogens with one attached hydrogen (secondary N) is 1. The Morgan fingerprint density at radius 2 is 2.22 bits per heavy atom. The molecule has 27 heavy (non-hydrogen) atoms. The van der Waals surface area contributed by atoms with E-state index in [9.17, 15) is 9.90 Å². The molecule has 1 aliphatic rings. The fourth-order valence-electron chi connectivity index (χ4n) is 3.30. The molecule has 8 nitrogen and oxygen atoms in total. The van der Waals surface area contributed by atoms with Crippen LogP contribution in [0.3, 0.4) is 0 Å².